The molecule has 3 rings (SSSR count). The number of rotatable bonds is 11. The number of nitrogens with zero attached hydrogens (tertiary/aromatic N) is 1. The number of aryl methyl sites for hydroxylation is 1. The fourth-order valence-electron chi connectivity index (χ4n) is 3.53. The van der Waals surface area contributed by atoms with Crippen LogP contribution in [0.5, 0.6) is 0 Å². The third-order valence-corrected chi connectivity index (χ3v) is 8.63. The standard InChI is InChI=1S/C23H28FN3O6S2/c1-4-15-14-18-19(22(28)25-3)20(16-8-10-17(24)11-9-16)33-23(18)26-21(15)27-35(31,32)13-7-6-12-34(29,30)5-2/h8-11,14H,4-7,12-13H2,1-3H3,(H,25,28)(H,26,27). The maximum Gasteiger partial charge on any atom is 0.255 e. The minimum absolute atomic E-state index is 0.0168. The van der Waals surface area contributed by atoms with Gasteiger partial charge >= 0.3 is 0 Å². The van der Waals surface area contributed by atoms with Gasteiger partial charge in [0.1, 0.15) is 27.2 Å². The number of aromatic nitrogens is 1. The molecule has 0 aliphatic heterocycles. The van der Waals surface area contributed by atoms with Gasteiger partial charge in [-0.25, -0.2) is 21.2 Å². The number of carbonyl (C=O) groups excluding carboxylic acids is 1. The van der Waals surface area contributed by atoms with E-state index in [4.69, 9.17) is 4.42 Å². The third-order valence-electron chi connectivity index (χ3n) is 5.51. The molecule has 0 spiro atoms. The summed E-state index contributed by atoms with van der Waals surface area (Å²) >= 11 is 0. The van der Waals surface area contributed by atoms with Crippen molar-refractivity contribution in [1.29, 1.82) is 0 Å². The molecule has 3 aromatic rings. The number of sulfonamides is 1. The Morgan fingerprint density at radius 2 is 1.71 bits per heavy atom. The van der Waals surface area contributed by atoms with Gasteiger partial charge in [0.15, 0.2) is 0 Å². The quantitative estimate of drug-likeness (QED) is 0.366. The second kappa shape index (κ2) is 10.7. The highest BCUT2D eigenvalue weighted by Crippen LogP contribution is 2.35. The molecule has 0 bridgehead atoms. The minimum Gasteiger partial charge on any atom is -0.437 e. The van der Waals surface area contributed by atoms with Gasteiger partial charge in [0, 0.05) is 18.4 Å². The summed E-state index contributed by atoms with van der Waals surface area (Å²) in [6.45, 7) is 3.37. The Morgan fingerprint density at radius 1 is 1.06 bits per heavy atom. The second-order valence-electron chi connectivity index (χ2n) is 7.96. The third kappa shape index (κ3) is 6.37. The predicted octanol–water partition coefficient (Wildman–Crippen LogP) is 3.51. The Kier molecular flexibility index (Phi) is 8.16. The number of hydrogen-bond donors (Lipinski definition) is 2. The molecule has 190 valence electrons. The highest BCUT2D eigenvalue weighted by Gasteiger charge is 2.25. The molecule has 0 fully saturated rings. The highest BCUT2D eigenvalue weighted by molar-refractivity contribution is 7.92. The first-order valence-corrected chi connectivity index (χ1v) is 14.6. The molecule has 0 radical (unpaired) electrons. The van der Waals surface area contributed by atoms with Crippen molar-refractivity contribution in [2.45, 2.75) is 33.1 Å². The number of pyridine rings is 1. The molecule has 2 aromatic heterocycles. The summed E-state index contributed by atoms with van der Waals surface area (Å²) in [5, 5.41) is 2.96. The van der Waals surface area contributed by atoms with Gasteiger partial charge in [0.05, 0.1) is 22.5 Å². The number of fused-ring (bicyclic) bond motifs is 1. The molecule has 12 heteroatoms. The summed E-state index contributed by atoms with van der Waals surface area (Å²) in [7, 11) is -5.50. The molecular formula is C23H28FN3O6S2. The number of nitrogens with one attached hydrogen (secondary N) is 2. The zero-order chi connectivity index (χ0) is 25.8. The summed E-state index contributed by atoms with van der Waals surface area (Å²) in [6, 6.07) is 7.08. The lowest BCUT2D eigenvalue weighted by Crippen LogP contribution is -2.20. The van der Waals surface area contributed by atoms with Crippen molar-refractivity contribution in [3.05, 3.63) is 47.3 Å². The molecule has 2 heterocycles. The van der Waals surface area contributed by atoms with Gasteiger partial charge in [-0.3, -0.25) is 9.52 Å². The summed E-state index contributed by atoms with van der Waals surface area (Å²) in [5.41, 5.74) is 1.27. The number of halogens is 1. The van der Waals surface area contributed by atoms with E-state index in [1.807, 2.05) is 6.92 Å². The van der Waals surface area contributed by atoms with Crippen molar-refractivity contribution in [3.8, 4) is 11.3 Å². The predicted molar refractivity (Wildman–Crippen MR) is 133 cm³/mol. The van der Waals surface area contributed by atoms with Crippen molar-refractivity contribution in [2.24, 2.45) is 0 Å². The van der Waals surface area contributed by atoms with Crippen LogP contribution in [0.2, 0.25) is 0 Å². The Balaban J connectivity index is 1.95. The number of sulfone groups is 1. The number of hydrogen-bond acceptors (Lipinski definition) is 7. The summed E-state index contributed by atoms with van der Waals surface area (Å²) in [6.07, 6.45) is 0.827. The largest absolute Gasteiger partial charge is 0.437 e. The molecule has 0 saturated heterocycles. The Labute approximate surface area is 204 Å². The summed E-state index contributed by atoms with van der Waals surface area (Å²) in [5.74, 6) is -0.927. The van der Waals surface area contributed by atoms with Gasteiger partial charge in [-0.05, 0) is 55.2 Å². The van der Waals surface area contributed by atoms with Crippen LogP contribution in [0.3, 0.4) is 0 Å². The van der Waals surface area contributed by atoms with E-state index in [0.717, 1.165) is 0 Å². The van der Waals surface area contributed by atoms with Gasteiger partial charge in [-0.15, -0.1) is 0 Å². The number of amides is 1. The van der Waals surface area contributed by atoms with Crippen LogP contribution in [0.1, 0.15) is 42.6 Å². The maximum absolute atomic E-state index is 13.4. The number of furan rings is 1. The minimum atomic E-state index is -3.81. The first-order chi connectivity index (χ1) is 16.5. The van der Waals surface area contributed by atoms with Gasteiger partial charge in [-0.1, -0.05) is 13.8 Å². The van der Waals surface area contributed by atoms with E-state index in [1.54, 1.807) is 13.0 Å². The van der Waals surface area contributed by atoms with Crippen molar-refractivity contribution in [1.82, 2.24) is 10.3 Å². The van der Waals surface area contributed by atoms with E-state index >= 15 is 0 Å². The van der Waals surface area contributed by atoms with E-state index in [1.165, 1.54) is 31.3 Å². The zero-order valence-electron chi connectivity index (χ0n) is 19.7. The summed E-state index contributed by atoms with van der Waals surface area (Å²) in [4.78, 5) is 17.0. The van der Waals surface area contributed by atoms with E-state index in [-0.39, 0.29) is 53.0 Å². The smallest absolute Gasteiger partial charge is 0.255 e. The fourth-order valence-corrected chi connectivity index (χ4v) is 5.62. The normalized spacial score (nSPS) is 12.1. The van der Waals surface area contributed by atoms with Crippen LogP contribution in [0.25, 0.3) is 22.4 Å². The number of carbonyl (C=O) groups is 1. The van der Waals surface area contributed by atoms with E-state index in [9.17, 15) is 26.0 Å². The lowest BCUT2D eigenvalue weighted by Gasteiger charge is -2.11. The topological polar surface area (TPSA) is 135 Å². The summed E-state index contributed by atoms with van der Waals surface area (Å²) < 4.78 is 70.2. The van der Waals surface area contributed by atoms with Crippen molar-refractivity contribution in [2.75, 3.05) is 29.0 Å². The molecule has 1 aromatic carbocycles. The van der Waals surface area contributed by atoms with Gasteiger partial charge in [0.25, 0.3) is 5.91 Å². The number of unbranched alkanes of at least 4 members (excludes halogenated alkanes) is 1. The van der Waals surface area contributed by atoms with E-state index in [0.29, 0.717) is 22.9 Å². The second-order valence-corrected chi connectivity index (χ2v) is 12.3. The van der Waals surface area contributed by atoms with Crippen LogP contribution in [-0.2, 0) is 26.3 Å². The van der Waals surface area contributed by atoms with E-state index in [2.05, 4.69) is 15.0 Å². The molecule has 0 aliphatic carbocycles. The van der Waals surface area contributed by atoms with Crippen LogP contribution in [0.15, 0.2) is 34.7 Å². The molecule has 9 nitrogen and oxygen atoms in total. The maximum atomic E-state index is 13.4. The Bertz CT molecular complexity index is 1430. The molecule has 0 saturated carbocycles. The highest BCUT2D eigenvalue weighted by atomic mass is 32.2. The Hall–Kier alpha value is -2.99. The van der Waals surface area contributed by atoms with Crippen LogP contribution in [0.4, 0.5) is 10.2 Å². The number of benzene rings is 1. The molecule has 0 unspecified atom stereocenters. The van der Waals surface area contributed by atoms with Crippen LogP contribution >= 0.6 is 0 Å². The number of anilines is 1. The van der Waals surface area contributed by atoms with Gasteiger partial charge in [-0.2, -0.15) is 4.98 Å². The SMILES string of the molecule is CCc1cc2c(C(=O)NC)c(-c3ccc(F)cc3)oc2nc1NS(=O)(=O)CCCCS(=O)(=O)CC. The van der Waals surface area contributed by atoms with Crippen molar-refractivity contribution < 1.29 is 30.4 Å². The lowest BCUT2D eigenvalue weighted by molar-refractivity contribution is 0.0964. The van der Waals surface area contributed by atoms with Crippen molar-refractivity contribution in [3.63, 3.8) is 0 Å². The molecule has 2 N–H and O–H groups in total. The van der Waals surface area contributed by atoms with Crippen molar-refractivity contribution >= 4 is 42.7 Å². The molecule has 1 amide bonds. The fraction of sp³-hybridized carbons (Fsp3) is 0.391. The molecule has 35 heavy (non-hydrogen) atoms. The van der Waals surface area contributed by atoms with Crippen LogP contribution in [-0.4, -0.2) is 52.0 Å². The molecule has 0 aliphatic rings. The first kappa shape index (κ1) is 26.6. The average molecular weight is 526 g/mol. The van der Waals surface area contributed by atoms with Gasteiger partial charge < -0.3 is 9.73 Å². The van der Waals surface area contributed by atoms with Gasteiger partial charge in [0.2, 0.25) is 15.7 Å². The van der Waals surface area contributed by atoms with Crippen LogP contribution in [0, 0.1) is 5.82 Å². The molecular weight excluding hydrogens is 497 g/mol. The molecule has 0 atom stereocenters. The average Bonchev–Trinajstić information content (AvgIpc) is 3.19. The zero-order valence-corrected chi connectivity index (χ0v) is 21.4. The lowest BCUT2D eigenvalue weighted by atomic mass is 10.0. The Morgan fingerprint density at radius 3 is 2.31 bits per heavy atom. The van der Waals surface area contributed by atoms with Crippen LogP contribution < -0.4 is 10.0 Å². The van der Waals surface area contributed by atoms with E-state index < -0.39 is 31.6 Å². The monoisotopic (exact) mass is 525 g/mol. The first-order valence-electron chi connectivity index (χ1n) is 11.2.